The zero-order valence-electron chi connectivity index (χ0n) is 16.0. The Labute approximate surface area is 191 Å². The van der Waals surface area contributed by atoms with Crippen LogP contribution < -0.4 is 15.3 Å². The summed E-state index contributed by atoms with van der Waals surface area (Å²) in [5, 5.41) is 13.4. The molecule has 2 aromatic carbocycles. The summed E-state index contributed by atoms with van der Waals surface area (Å²) in [5.74, 6) is -3.11. The number of imide groups is 2. The summed E-state index contributed by atoms with van der Waals surface area (Å²) in [4.78, 5) is 49.9. The number of nitrogens with zero attached hydrogens (tertiary/aromatic N) is 2. The van der Waals surface area contributed by atoms with Gasteiger partial charge in [0.25, 0.3) is 11.8 Å². The largest absolute Gasteiger partial charge is 0.545 e. The summed E-state index contributed by atoms with van der Waals surface area (Å²) in [6.07, 6.45) is 2.92. The Hall–Kier alpha value is -3.88. The summed E-state index contributed by atoms with van der Waals surface area (Å²) in [6, 6.07) is 12.7. The highest BCUT2D eigenvalue weighted by molar-refractivity contribution is 6.46. The number of carbonyl (C=O) groups excluding carboxylic acids is 4. The van der Waals surface area contributed by atoms with Crippen LogP contribution in [0.5, 0.6) is 0 Å². The first-order valence-electron chi connectivity index (χ1n) is 9.12. The zero-order chi connectivity index (χ0) is 23.0. The topological polar surface area (TPSA) is 112 Å². The highest BCUT2D eigenvalue weighted by Crippen LogP contribution is 2.34. The van der Waals surface area contributed by atoms with E-state index >= 15 is 0 Å². The smallest absolute Gasteiger partial charge is 0.336 e. The lowest BCUT2D eigenvalue weighted by atomic mass is 10.1. The van der Waals surface area contributed by atoms with E-state index in [2.05, 4.69) is 5.32 Å². The highest BCUT2D eigenvalue weighted by Gasteiger charge is 2.38. The molecule has 1 aliphatic rings. The molecule has 10 heteroatoms. The van der Waals surface area contributed by atoms with Crippen molar-refractivity contribution in [2.75, 3.05) is 4.90 Å². The van der Waals surface area contributed by atoms with Crippen molar-refractivity contribution in [1.29, 1.82) is 0 Å². The van der Waals surface area contributed by atoms with Gasteiger partial charge in [0.05, 0.1) is 21.7 Å². The van der Waals surface area contributed by atoms with Gasteiger partial charge >= 0.3 is 6.03 Å². The van der Waals surface area contributed by atoms with Gasteiger partial charge in [-0.15, -0.1) is 0 Å². The first kappa shape index (κ1) is 21.4. The van der Waals surface area contributed by atoms with E-state index in [-0.39, 0.29) is 26.9 Å². The van der Waals surface area contributed by atoms with Gasteiger partial charge in [0, 0.05) is 17.6 Å². The molecule has 0 spiro atoms. The number of barbiturate groups is 1. The molecule has 1 saturated heterocycles. The molecule has 4 rings (SSSR count). The second-order valence-corrected chi connectivity index (χ2v) is 7.46. The van der Waals surface area contributed by atoms with Crippen LogP contribution in [-0.2, 0) is 9.59 Å². The molecule has 3 aromatic rings. The maximum absolute atomic E-state index is 13.1. The lowest BCUT2D eigenvalue weighted by Gasteiger charge is -2.27. The number of hydrogen-bond acceptors (Lipinski definition) is 5. The van der Waals surface area contributed by atoms with E-state index < -0.39 is 23.8 Å². The Morgan fingerprint density at radius 2 is 1.75 bits per heavy atom. The van der Waals surface area contributed by atoms with Gasteiger partial charge in [-0.05, 0) is 48.0 Å². The number of hydrogen-bond donors (Lipinski definition) is 1. The average Bonchev–Trinajstić information content (AvgIpc) is 3.22. The molecule has 32 heavy (non-hydrogen) atoms. The van der Waals surface area contributed by atoms with Crippen LogP contribution in [0.15, 0.2) is 66.4 Å². The van der Waals surface area contributed by atoms with Crippen molar-refractivity contribution in [3.8, 4) is 5.69 Å². The van der Waals surface area contributed by atoms with E-state index in [4.69, 9.17) is 23.2 Å². The molecular formula is C22H12Cl2N3O5-. The Morgan fingerprint density at radius 1 is 1.00 bits per heavy atom. The minimum atomic E-state index is -1.34. The van der Waals surface area contributed by atoms with E-state index in [1.54, 1.807) is 29.0 Å². The molecule has 0 atom stereocenters. The predicted octanol–water partition coefficient (Wildman–Crippen LogP) is 2.81. The number of carboxylic acids is 1. The molecular weight excluding hydrogens is 457 g/mol. The maximum atomic E-state index is 13.1. The minimum absolute atomic E-state index is 0.0196. The van der Waals surface area contributed by atoms with Gasteiger partial charge in [0.2, 0.25) is 0 Å². The number of aromatic carboxylic acids is 1. The van der Waals surface area contributed by atoms with Crippen LogP contribution in [0, 0.1) is 0 Å². The Morgan fingerprint density at radius 3 is 2.50 bits per heavy atom. The van der Waals surface area contributed by atoms with Crippen molar-refractivity contribution in [3.05, 3.63) is 87.7 Å². The summed E-state index contributed by atoms with van der Waals surface area (Å²) in [6.45, 7) is 0. The van der Waals surface area contributed by atoms with Gasteiger partial charge in [-0.2, -0.15) is 0 Å². The molecule has 8 nitrogen and oxygen atoms in total. The molecule has 0 saturated carbocycles. The van der Waals surface area contributed by atoms with Crippen LogP contribution in [0.1, 0.15) is 16.1 Å². The fourth-order valence-electron chi connectivity index (χ4n) is 3.22. The monoisotopic (exact) mass is 468 g/mol. The Kier molecular flexibility index (Phi) is 5.56. The number of amides is 4. The van der Waals surface area contributed by atoms with E-state index in [1.807, 2.05) is 0 Å². The number of anilines is 1. The molecule has 0 unspecified atom stereocenters. The molecule has 0 bridgehead atoms. The number of carboxylic acid groups (broad SMARTS) is 1. The second kappa shape index (κ2) is 8.33. The molecule has 1 aliphatic heterocycles. The van der Waals surface area contributed by atoms with Crippen molar-refractivity contribution >= 4 is 58.8 Å². The van der Waals surface area contributed by atoms with E-state index in [0.717, 1.165) is 4.90 Å². The second-order valence-electron chi connectivity index (χ2n) is 6.67. The van der Waals surface area contributed by atoms with Gasteiger partial charge in [-0.25, -0.2) is 9.69 Å². The van der Waals surface area contributed by atoms with Crippen LogP contribution in [-0.4, -0.2) is 28.4 Å². The normalized spacial score (nSPS) is 15.2. The number of nitrogens with one attached hydrogen (secondary N) is 1. The fourth-order valence-corrected chi connectivity index (χ4v) is 3.60. The third-order valence-corrected chi connectivity index (χ3v) is 5.52. The van der Waals surface area contributed by atoms with Gasteiger partial charge < -0.3 is 14.5 Å². The van der Waals surface area contributed by atoms with Crippen molar-refractivity contribution < 1.29 is 24.3 Å². The number of urea groups is 1. The molecule has 4 amide bonds. The van der Waals surface area contributed by atoms with Crippen LogP contribution in [0.2, 0.25) is 10.0 Å². The molecule has 2 heterocycles. The summed E-state index contributed by atoms with van der Waals surface area (Å²) < 4.78 is 1.58. The number of carbonyl (C=O) groups is 4. The zero-order valence-corrected chi connectivity index (χ0v) is 17.6. The van der Waals surface area contributed by atoms with Crippen molar-refractivity contribution in [1.82, 2.24) is 9.88 Å². The van der Waals surface area contributed by atoms with Crippen molar-refractivity contribution in [2.45, 2.75) is 0 Å². The third-order valence-electron chi connectivity index (χ3n) is 4.71. The van der Waals surface area contributed by atoms with Crippen LogP contribution in [0.3, 0.4) is 0 Å². The lowest BCUT2D eigenvalue weighted by molar-refractivity contribution is -0.255. The minimum Gasteiger partial charge on any atom is -0.545 e. The molecule has 1 N–H and O–H groups in total. The molecule has 0 radical (unpaired) electrons. The SMILES string of the molecule is O=C1NC(=O)N(c2cccc(Cl)c2Cl)C(=O)/C1=C/c1cccn1-c1cccc(C(=O)[O-])c1. The predicted molar refractivity (Wildman–Crippen MR) is 116 cm³/mol. The van der Waals surface area contributed by atoms with Gasteiger partial charge in [0.15, 0.2) is 0 Å². The fraction of sp³-hybridized carbons (Fsp3) is 0. The number of benzene rings is 2. The summed E-state index contributed by atoms with van der Waals surface area (Å²) in [5.41, 5.74) is 0.533. The molecule has 160 valence electrons. The lowest BCUT2D eigenvalue weighted by Crippen LogP contribution is -2.54. The first-order chi connectivity index (χ1) is 15.3. The van der Waals surface area contributed by atoms with E-state index in [0.29, 0.717) is 11.4 Å². The van der Waals surface area contributed by atoms with E-state index in [1.165, 1.54) is 42.5 Å². The third kappa shape index (κ3) is 3.77. The number of halogens is 2. The van der Waals surface area contributed by atoms with Crippen molar-refractivity contribution in [2.24, 2.45) is 0 Å². The first-order valence-corrected chi connectivity index (χ1v) is 9.88. The average molecular weight is 469 g/mol. The molecule has 1 fully saturated rings. The van der Waals surface area contributed by atoms with Gasteiger partial charge in [-0.1, -0.05) is 41.4 Å². The standard InChI is InChI=1S/C22H13Cl2N3O5/c23-16-7-2-8-17(18(16)24)27-20(29)15(19(28)25-22(27)32)11-14-6-3-9-26(14)13-5-1-4-12(10-13)21(30)31/h1-11H,(H,30,31)(H,25,28,32)/p-1/b15-11+. The van der Waals surface area contributed by atoms with Crippen LogP contribution >= 0.6 is 23.2 Å². The van der Waals surface area contributed by atoms with E-state index in [9.17, 15) is 24.3 Å². The maximum Gasteiger partial charge on any atom is 0.336 e. The number of aromatic nitrogens is 1. The van der Waals surface area contributed by atoms with Crippen molar-refractivity contribution in [3.63, 3.8) is 0 Å². The highest BCUT2D eigenvalue weighted by atomic mass is 35.5. The Bertz CT molecular complexity index is 1330. The summed E-state index contributed by atoms with van der Waals surface area (Å²) >= 11 is 12.2. The van der Waals surface area contributed by atoms with Gasteiger partial charge in [-0.3, -0.25) is 14.9 Å². The van der Waals surface area contributed by atoms with Gasteiger partial charge in [0.1, 0.15) is 5.57 Å². The molecule has 0 aliphatic carbocycles. The Balaban J connectivity index is 1.77. The molecule has 1 aromatic heterocycles. The quantitative estimate of drug-likeness (QED) is 0.467. The van der Waals surface area contributed by atoms with Crippen LogP contribution in [0.25, 0.3) is 11.8 Å². The van der Waals surface area contributed by atoms with Crippen LogP contribution in [0.4, 0.5) is 10.5 Å². The number of rotatable bonds is 4. The summed E-state index contributed by atoms with van der Waals surface area (Å²) in [7, 11) is 0.